The molecule has 4 aromatic rings. The lowest BCUT2D eigenvalue weighted by atomic mass is 9.87. The van der Waals surface area contributed by atoms with Crippen molar-refractivity contribution in [2.75, 3.05) is 72.7 Å². The largest absolute Gasteiger partial charge is 0.494 e. The van der Waals surface area contributed by atoms with Gasteiger partial charge in [0, 0.05) is 51.6 Å². The van der Waals surface area contributed by atoms with E-state index in [-0.39, 0.29) is 12.0 Å². The topological polar surface area (TPSA) is 83.9 Å². The molecule has 2 atom stereocenters. The average molecular weight is 668 g/mol. The molecule has 0 aliphatic carbocycles. The molecule has 2 fully saturated rings. The highest BCUT2D eigenvalue weighted by atomic mass is 16.5. The Morgan fingerprint density at radius 1 is 0.755 bits per heavy atom. The number of carboxylic acid groups (broad SMARTS) is 1. The summed E-state index contributed by atoms with van der Waals surface area (Å²) >= 11 is 0. The summed E-state index contributed by atoms with van der Waals surface area (Å²) in [5.74, 6) is 1.76. The van der Waals surface area contributed by atoms with Crippen molar-refractivity contribution in [1.29, 1.82) is 0 Å². The van der Waals surface area contributed by atoms with Crippen LogP contribution in [-0.2, 0) is 22.7 Å². The Hall–Kier alpha value is -4.15. The van der Waals surface area contributed by atoms with Gasteiger partial charge in [0.2, 0.25) is 0 Å². The van der Waals surface area contributed by atoms with Gasteiger partial charge in [-0.15, -0.1) is 0 Å². The van der Waals surface area contributed by atoms with Gasteiger partial charge in [-0.1, -0.05) is 60.7 Å². The summed E-state index contributed by atoms with van der Waals surface area (Å²) in [4.78, 5) is 18.2. The predicted octanol–water partition coefficient (Wildman–Crippen LogP) is 6.50. The molecule has 0 saturated carbocycles. The standard InChI is InChI=1S/C40H49N3O6/c1-41-18-20-42(21-19-41)22-25-48-37-15-10-33-9-8-32(26-35(33)27-37)30-49-39-28-43(40(44)45)17-16-38(39)34-11-13-36(14-12-34)47-24-5-23-46-29-31-6-3-2-4-7-31/h2-4,6-15,26-27,38-39H,5,16-25,28-30H2,1H3,(H,44,45). The van der Waals surface area contributed by atoms with Crippen LogP contribution in [0.25, 0.3) is 10.8 Å². The molecule has 2 unspecified atom stereocenters. The number of piperazine rings is 1. The van der Waals surface area contributed by atoms with Crippen LogP contribution in [-0.4, -0.2) is 105 Å². The number of benzene rings is 4. The van der Waals surface area contributed by atoms with Gasteiger partial charge in [-0.05, 0) is 71.3 Å². The molecule has 4 aromatic carbocycles. The van der Waals surface area contributed by atoms with E-state index < -0.39 is 6.09 Å². The summed E-state index contributed by atoms with van der Waals surface area (Å²) in [7, 11) is 2.17. The first-order chi connectivity index (χ1) is 24.0. The number of hydrogen-bond donors (Lipinski definition) is 1. The molecule has 9 heteroatoms. The zero-order valence-electron chi connectivity index (χ0n) is 28.5. The Balaban J connectivity index is 1.01. The highest BCUT2D eigenvalue weighted by Crippen LogP contribution is 2.33. The van der Waals surface area contributed by atoms with Crippen LogP contribution in [0.1, 0.15) is 35.4 Å². The van der Waals surface area contributed by atoms with Crippen molar-refractivity contribution in [3.05, 3.63) is 108 Å². The Morgan fingerprint density at radius 2 is 1.51 bits per heavy atom. The predicted molar refractivity (Wildman–Crippen MR) is 192 cm³/mol. The normalized spacial score (nSPS) is 18.8. The van der Waals surface area contributed by atoms with E-state index in [1.54, 1.807) is 0 Å². The van der Waals surface area contributed by atoms with Crippen molar-refractivity contribution in [3.8, 4) is 11.5 Å². The minimum absolute atomic E-state index is 0.0804. The monoisotopic (exact) mass is 667 g/mol. The molecule has 2 aliphatic rings. The number of likely N-dealkylation sites (tertiary alicyclic amines) is 1. The number of hydrogen-bond acceptors (Lipinski definition) is 7. The lowest BCUT2D eigenvalue weighted by Crippen LogP contribution is -2.46. The first-order valence-corrected chi connectivity index (χ1v) is 17.5. The third-order valence-corrected chi connectivity index (χ3v) is 9.56. The van der Waals surface area contributed by atoms with Crippen LogP contribution in [0.3, 0.4) is 0 Å². The number of likely N-dealkylation sites (N-methyl/N-ethyl adjacent to an activating group) is 1. The average Bonchev–Trinajstić information content (AvgIpc) is 3.13. The second kappa shape index (κ2) is 17.5. The number of fused-ring (bicyclic) bond motifs is 1. The Morgan fingerprint density at radius 3 is 2.31 bits per heavy atom. The second-order valence-electron chi connectivity index (χ2n) is 13.1. The van der Waals surface area contributed by atoms with E-state index in [4.69, 9.17) is 18.9 Å². The van der Waals surface area contributed by atoms with Crippen molar-refractivity contribution in [1.82, 2.24) is 14.7 Å². The Labute approximate surface area is 289 Å². The Kier molecular flexibility index (Phi) is 12.4. The van der Waals surface area contributed by atoms with Gasteiger partial charge >= 0.3 is 6.09 Å². The smallest absolute Gasteiger partial charge is 0.407 e. The van der Waals surface area contributed by atoms with Gasteiger partial charge in [-0.2, -0.15) is 0 Å². The first kappa shape index (κ1) is 34.7. The van der Waals surface area contributed by atoms with E-state index in [1.165, 1.54) is 10.5 Å². The lowest BCUT2D eigenvalue weighted by molar-refractivity contribution is -0.0199. The van der Waals surface area contributed by atoms with Crippen LogP contribution in [0.4, 0.5) is 4.79 Å². The summed E-state index contributed by atoms with van der Waals surface area (Å²) < 4.78 is 24.4. The molecule has 0 aromatic heterocycles. The fraction of sp³-hybridized carbons (Fsp3) is 0.425. The molecule has 0 bridgehead atoms. The molecule has 2 saturated heterocycles. The van der Waals surface area contributed by atoms with E-state index in [0.717, 1.165) is 72.5 Å². The van der Waals surface area contributed by atoms with E-state index in [2.05, 4.69) is 71.4 Å². The molecule has 2 heterocycles. The number of amides is 1. The van der Waals surface area contributed by atoms with Gasteiger partial charge in [0.1, 0.15) is 18.1 Å². The molecule has 49 heavy (non-hydrogen) atoms. The minimum Gasteiger partial charge on any atom is -0.494 e. The van der Waals surface area contributed by atoms with Crippen molar-refractivity contribution < 1.29 is 28.8 Å². The summed E-state index contributed by atoms with van der Waals surface area (Å²) in [6, 6.07) is 30.9. The van der Waals surface area contributed by atoms with Gasteiger partial charge in [0.25, 0.3) is 0 Å². The highest BCUT2D eigenvalue weighted by molar-refractivity contribution is 5.84. The van der Waals surface area contributed by atoms with Crippen LogP contribution >= 0.6 is 0 Å². The summed E-state index contributed by atoms with van der Waals surface area (Å²) in [6.07, 6.45) is 0.327. The molecule has 2 aliphatic heterocycles. The lowest BCUT2D eigenvalue weighted by Gasteiger charge is -2.37. The molecule has 260 valence electrons. The number of piperidine rings is 1. The molecule has 6 rings (SSSR count). The van der Waals surface area contributed by atoms with Crippen molar-refractivity contribution in [2.45, 2.75) is 38.1 Å². The molecule has 1 amide bonds. The van der Waals surface area contributed by atoms with Crippen molar-refractivity contribution in [2.24, 2.45) is 0 Å². The zero-order valence-corrected chi connectivity index (χ0v) is 28.5. The van der Waals surface area contributed by atoms with Gasteiger partial charge in [-0.3, -0.25) is 4.90 Å². The van der Waals surface area contributed by atoms with E-state index in [0.29, 0.717) is 52.5 Å². The van der Waals surface area contributed by atoms with Gasteiger partial charge in [0.05, 0.1) is 39.1 Å². The maximum absolute atomic E-state index is 11.9. The third kappa shape index (κ3) is 10.2. The van der Waals surface area contributed by atoms with E-state index >= 15 is 0 Å². The Bertz CT molecular complexity index is 1610. The van der Waals surface area contributed by atoms with Gasteiger partial charge < -0.3 is 33.9 Å². The molecular formula is C40H49N3O6. The summed E-state index contributed by atoms with van der Waals surface area (Å²) in [6.45, 7) is 8.99. The highest BCUT2D eigenvalue weighted by Gasteiger charge is 2.33. The summed E-state index contributed by atoms with van der Waals surface area (Å²) in [5.41, 5.74) is 3.34. The molecule has 0 spiro atoms. The minimum atomic E-state index is -0.908. The number of ether oxygens (including phenoxy) is 4. The maximum atomic E-state index is 11.9. The van der Waals surface area contributed by atoms with E-state index in [1.807, 2.05) is 36.4 Å². The van der Waals surface area contributed by atoms with Gasteiger partial charge in [-0.25, -0.2) is 4.79 Å². The van der Waals surface area contributed by atoms with E-state index in [9.17, 15) is 9.90 Å². The summed E-state index contributed by atoms with van der Waals surface area (Å²) in [5, 5.41) is 12.0. The molecular weight excluding hydrogens is 618 g/mol. The molecule has 1 N–H and O–H groups in total. The molecule has 0 radical (unpaired) electrons. The van der Waals surface area contributed by atoms with Crippen molar-refractivity contribution in [3.63, 3.8) is 0 Å². The van der Waals surface area contributed by atoms with Crippen LogP contribution in [0.5, 0.6) is 11.5 Å². The SMILES string of the molecule is CN1CCN(CCOc2ccc3ccc(COC4CN(C(=O)O)CCC4c4ccc(OCCCOCc5ccccc5)cc4)cc3c2)CC1. The third-order valence-electron chi connectivity index (χ3n) is 9.56. The van der Waals surface area contributed by atoms with Crippen LogP contribution < -0.4 is 9.47 Å². The number of rotatable bonds is 15. The second-order valence-corrected chi connectivity index (χ2v) is 13.1. The zero-order chi connectivity index (χ0) is 33.8. The van der Waals surface area contributed by atoms with Gasteiger partial charge in [0.15, 0.2) is 0 Å². The van der Waals surface area contributed by atoms with Crippen LogP contribution in [0.15, 0.2) is 91.0 Å². The van der Waals surface area contributed by atoms with Crippen molar-refractivity contribution >= 4 is 16.9 Å². The number of carbonyl (C=O) groups is 1. The fourth-order valence-electron chi connectivity index (χ4n) is 6.59. The van der Waals surface area contributed by atoms with Crippen LogP contribution in [0, 0.1) is 0 Å². The first-order valence-electron chi connectivity index (χ1n) is 17.5. The number of nitrogens with zero attached hydrogens (tertiary/aromatic N) is 3. The van der Waals surface area contributed by atoms with Crippen LogP contribution in [0.2, 0.25) is 0 Å². The maximum Gasteiger partial charge on any atom is 0.407 e. The quantitative estimate of drug-likeness (QED) is 0.144. The fourth-order valence-corrected chi connectivity index (χ4v) is 6.59. The molecule has 9 nitrogen and oxygen atoms in total.